The van der Waals surface area contributed by atoms with Gasteiger partial charge >= 0.3 is 0 Å². The van der Waals surface area contributed by atoms with Crippen LogP contribution in [0.15, 0.2) is 152 Å². The van der Waals surface area contributed by atoms with Gasteiger partial charge in [0.2, 0.25) is 0 Å². The van der Waals surface area contributed by atoms with E-state index >= 15 is 0 Å². The van der Waals surface area contributed by atoms with Crippen LogP contribution < -0.4 is 0 Å². The lowest BCUT2D eigenvalue weighted by Gasteiger charge is -2.20. The average molecular weight is 600 g/mol. The summed E-state index contributed by atoms with van der Waals surface area (Å²) in [5.41, 5.74) is 8.85. The van der Waals surface area contributed by atoms with E-state index in [9.17, 15) is 0 Å². The molecule has 0 aliphatic heterocycles. The molecule has 8 rings (SSSR count). The highest BCUT2D eigenvalue weighted by molar-refractivity contribution is 9.08. The Kier molecular flexibility index (Phi) is 6.12. The van der Waals surface area contributed by atoms with Crippen molar-refractivity contribution in [2.75, 3.05) is 0 Å². The van der Waals surface area contributed by atoms with Gasteiger partial charge in [0.1, 0.15) is 0 Å². The Morgan fingerprint density at radius 1 is 0.357 bits per heavy atom. The van der Waals surface area contributed by atoms with Crippen LogP contribution >= 0.6 is 15.9 Å². The Balaban J connectivity index is 1.45. The molecule has 198 valence electrons. The van der Waals surface area contributed by atoms with E-state index in [1.807, 2.05) is 0 Å². The predicted molar refractivity (Wildman–Crippen MR) is 185 cm³/mol. The van der Waals surface area contributed by atoms with Gasteiger partial charge in [-0.05, 0) is 112 Å². The van der Waals surface area contributed by atoms with Crippen molar-refractivity contribution in [3.8, 4) is 33.4 Å². The number of benzene rings is 8. The van der Waals surface area contributed by atoms with Gasteiger partial charge in [-0.25, -0.2) is 0 Å². The van der Waals surface area contributed by atoms with E-state index in [-0.39, 0.29) is 0 Å². The van der Waals surface area contributed by atoms with Crippen LogP contribution in [-0.2, 0) is 5.33 Å². The predicted octanol–water partition coefficient (Wildman–Crippen LogP) is 12.2. The van der Waals surface area contributed by atoms with Gasteiger partial charge in [0, 0.05) is 5.33 Å². The van der Waals surface area contributed by atoms with Crippen molar-refractivity contribution >= 4 is 59.0 Å². The van der Waals surface area contributed by atoms with Gasteiger partial charge in [-0.1, -0.05) is 137 Å². The standard InChI is InChI=1S/C41H27Br/c42-26-40-38(34-20-18-28-10-2-4-12-30(28)22-34)24-33-14-6-8-16-37(33)41(40)39-25-35(23-32-13-5-7-15-36(32)39)31-19-17-27-9-1-3-11-29(27)21-31/h1-25H,26H2. The molecular formula is C41H27Br. The van der Waals surface area contributed by atoms with Crippen LogP contribution in [0.2, 0.25) is 0 Å². The molecule has 0 heterocycles. The molecule has 1 heteroatoms. The van der Waals surface area contributed by atoms with E-state index < -0.39 is 0 Å². The molecule has 0 saturated carbocycles. The third-order valence-corrected chi connectivity index (χ3v) is 9.13. The summed E-state index contributed by atoms with van der Waals surface area (Å²) in [6.07, 6.45) is 0. The zero-order valence-electron chi connectivity index (χ0n) is 23.0. The summed E-state index contributed by atoms with van der Waals surface area (Å²) in [4.78, 5) is 0. The second-order valence-electron chi connectivity index (χ2n) is 11.0. The van der Waals surface area contributed by atoms with Crippen LogP contribution in [0.1, 0.15) is 5.56 Å². The Morgan fingerprint density at radius 2 is 0.857 bits per heavy atom. The van der Waals surface area contributed by atoms with E-state index in [0.717, 1.165) is 5.33 Å². The lowest BCUT2D eigenvalue weighted by molar-refractivity contribution is 1.45. The van der Waals surface area contributed by atoms with E-state index in [4.69, 9.17) is 0 Å². The Hall–Kier alpha value is -4.72. The van der Waals surface area contributed by atoms with Crippen LogP contribution in [0.5, 0.6) is 0 Å². The maximum absolute atomic E-state index is 3.94. The summed E-state index contributed by atoms with van der Waals surface area (Å²) < 4.78 is 0. The highest BCUT2D eigenvalue weighted by Crippen LogP contribution is 2.44. The van der Waals surface area contributed by atoms with Crippen molar-refractivity contribution in [2.24, 2.45) is 0 Å². The summed E-state index contributed by atoms with van der Waals surface area (Å²) in [7, 11) is 0. The molecule has 42 heavy (non-hydrogen) atoms. The second kappa shape index (κ2) is 10.3. The molecule has 0 spiro atoms. The van der Waals surface area contributed by atoms with E-state index in [1.165, 1.54) is 82.0 Å². The second-order valence-corrected chi connectivity index (χ2v) is 11.6. The van der Waals surface area contributed by atoms with Gasteiger partial charge in [-0.15, -0.1) is 0 Å². The molecule has 0 amide bonds. The molecule has 0 aromatic heterocycles. The van der Waals surface area contributed by atoms with Crippen LogP contribution in [0, 0.1) is 0 Å². The number of fused-ring (bicyclic) bond motifs is 4. The first-order chi connectivity index (χ1) is 20.8. The molecule has 0 bridgehead atoms. The minimum Gasteiger partial charge on any atom is -0.0876 e. The topological polar surface area (TPSA) is 0 Å². The van der Waals surface area contributed by atoms with Crippen molar-refractivity contribution in [3.63, 3.8) is 0 Å². The third-order valence-electron chi connectivity index (χ3n) is 8.56. The molecule has 0 fully saturated rings. The lowest BCUT2D eigenvalue weighted by atomic mass is 9.84. The Labute approximate surface area is 254 Å². The van der Waals surface area contributed by atoms with E-state index in [1.54, 1.807) is 0 Å². The number of hydrogen-bond acceptors (Lipinski definition) is 0. The van der Waals surface area contributed by atoms with Crippen molar-refractivity contribution < 1.29 is 0 Å². The number of hydrogen-bond donors (Lipinski definition) is 0. The molecule has 0 nitrogen and oxygen atoms in total. The SMILES string of the molecule is BrCc1c(-c2ccc3ccccc3c2)cc2ccccc2c1-c1cc(-c2ccc3ccccc3c2)cc2ccccc12. The van der Waals surface area contributed by atoms with Crippen molar-refractivity contribution in [1.29, 1.82) is 0 Å². The van der Waals surface area contributed by atoms with Crippen molar-refractivity contribution in [3.05, 3.63) is 157 Å². The van der Waals surface area contributed by atoms with Crippen molar-refractivity contribution in [2.45, 2.75) is 5.33 Å². The minimum atomic E-state index is 0.754. The summed E-state index contributed by atoms with van der Waals surface area (Å²) in [5.74, 6) is 0. The van der Waals surface area contributed by atoms with Gasteiger partial charge < -0.3 is 0 Å². The monoisotopic (exact) mass is 598 g/mol. The molecule has 0 aliphatic rings. The fraction of sp³-hybridized carbons (Fsp3) is 0.0244. The number of halogens is 1. The highest BCUT2D eigenvalue weighted by atomic mass is 79.9. The van der Waals surface area contributed by atoms with Crippen LogP contribution in [0.3, 0.4) is 0 Å². The maximum atomic E-state index is 3.94. The fourth-order valence-corrected chi connectivity index (χ4v) is 7.09. The normalized spacial score (nSPS) is 11.5. The summed E-state index contributed by atoms with van der Waals surface area (Å²) >= 11 is 3.94. The lowest BCUT2D eigenvalue weighted by Crippen LogP contribution is -1.96. The maximum Gasteiger partial charge on any atom is 0.0295 e. The third kappa shape index (κ3) is 4.21. The van der Waals surface area contributed by atoms with E-state index in [0.29, 0.717) is 0 Å². The van der Waals surface area contributed by atoms with Crippen molar-refractivity contribution in [1.82, 2.24) is 0 Å². The smallest absolute Gasteiger partial charge is 0.0295 e. The first kappa shape index (κ1) is 25.0. The van der Waals surface area contributed by atoms with Gasteiger partial charge in [-0.3, -0.25) is 0 Å². The zero-order valence-corrected chi connectivity index (χ0v) is 24.6. The van der Waals surface area contributed by atoms with Crippen LogP contribution in [-0.4, -0.2) is 0 Å². The number of alkyl halides is 1. The first-order valence-electron chi connectivity index (χ1n) is 14.4. The summed E-state index contributed by atoms with van der Waals surface area (Å²) in [6, 6.07) is 55.6. The molecule has 0 unspecified atom stereocenters. The Bertz CT molecular complexity index is 2290. The van der Waals surface area contributed by atoms with Crippen LogP contribution in [0.25, 0.3) is 76.5 Å². The van der Waals surface area contributed by atoms with Gasteiger partial charge in [0.05, 0.1) is 0 Å². The molecule has 0 saturated heterocycles. The molecule has 8 aromatic carbocycles. The summed E-state index contributed by atoms with van der Waals surface area (Å²) in [6.45, 7) is 0. The summed E-state index contributed by atoms with van der Waals surface area (Å²) in [5, 5.41) is 10.8. The molecule has 0 N–H and O–H groups in total. The zero-order chi connectivity index (χ0) is 28.0. The molecule has 8 aromatic rings. The molecule has 0 aliphatic carbocycles. The number of rotatable bonds is 4. The van der Waals surface area contributed by atoms with Gasteiger partial charge in [-0.2, -0.15) is 0 Å². The molecule has 0 atom stereocenters. The average Bonchev–Trinajstić information content (AvgIpc) is 3.06. The van der Waals surface area contributed by atoms with Gasteiger partial charge in [0.15, 0.2) is 0 Å². The quantitative estimate of drug-likeness (QED) is 0.177. The van der Waals surface area contributed by atoms with Gasteiger partial charge in [0.25, 0.3) is 0 Å². The Morgan fingerprint density at radius 3 is 1.52 bits per heavy atom. The minimum absolute atomic E-state index is 0.754. The highest BCUT2D eigenvalue weighted by Gasteiger charge is 2.19. The largest absolute Gasteiger partial charge is 0.0876 e. The van der Waals surface area contributed by atoms with E-state index in [2.05, 4.69) is 168 Å². The molecular weight excluding hydrogens is 572 g/mol. The molecule has 0 radical (unpaired) electrons. The fourth-order valence-electron chi connectivity index (χ4n) is 6.50. The van der Waals surface area contributed by atoms with Crippen LogP contribution in [0.4, 0.5) is 0 Å². The first-order valence-corrected chi connectivity index (χ1v) is 15.5.